The van der Waals surface area contributed by atoms with E-state index in [9.17, 15) is 9.59 Å². The average molecular weight is 683 g/mol. The molecule has 3 aromatic carbocycles. The molecule has 260 valence electrons. The standard InChI is InChI=1S/C35H38N8O7/c1-22(2)37-34-29(23(3)36)16-17-32(44)41(34)19-25-12-14-28(15-13-25)30-10-5-6-11-31(30)33-38-40-42(39-33)24(4)50-35(45)48-20-26-8-7-9-27(18-26)21-49-43(46)47/h5-15,18,24,46-47H,1,16-17,19-21,36H2,2-4H3/b29-23-,37-34+. The summed E-state index contributed by atoms with van der Waals surface area (Å²) in [5, 5.41) is 29.8. The Hall–Kier alpha value is -5.74. The van der Waals surface area contributed by atoms with E-state index >= 15 is 0 Å². The predicted octanol–water partition coefficient (Wildman–Crippen LogP) is 5.68. The van der Waals surface area contributed by atoms with Crippen LogP contribution in [0.15, 0.2) is 101 Å². The fourth-order valence-electron chi connectivity index (χ4n) is 5.30. The Morgan fingerprint density at radius 3 is 2.38 bits per heavy atom. The number of nitrogens with two attached hydrogens (primary N) is 1. The first-order chi connectivity index (χ1) is 24.0. The highest BCUT2D eigenvalue weighted by Gasteiger charge is 2.29. The molecule has 0 aliphatic carbocycles. The number of aliphatic imine (C=N–C) groups is 1. The first kappa shape index (κ1) is 35.6. The molecule has 2 heterocycles. The summed E-state index contributed by atoms with van der Waals surface area (Å²) >= 11 is 0. The summed E-state index contributed by atoms with van der Waals surface area (Å²) in [5.74, 6) is 0.842. The van der Waals surface area contributed by atoms with E-state index in [0.29, 0.717) is 59.1 Å². The Morgan fingerprint density at radius 1 is 1.00 bits per heavy atom. The third kappa shape index (κ3) is 9.03. The van der Waals surface area contributed by atoms with E-state index in [2.05, 4.69) is 31.8 Å². The highest BCUT2D eigenvalue weighted by molar-refractivity contribution is 6.10. The molecule has 0 spiro atoms. The maximum absolute atomic E-state index is 13.0. The van der Waals surface area contributed by atoms with Gasteiger partial charge in [-0.05, 0) is 60.2 Å². The van der Waals surface area contributed by atoms with Crippen LogP contribution in [0.1, 0.15) is 56.5 Å². The third-order valence-electron chi connectivity index (χ3n) is 7.68. The molecule has 0 radical (unpaired) electrons. The van der Waals surface area contributed by atoms with Crippen LogP contribution in [0.25, 0.3) is 22.5 Å². The lowest BCUT2D eigenvalue weighted by Crippen LogP contribution is -2.42. The van der Waals surface area contributed by atoms with Gasteiger partial charge in [-0.25, -0.2) is 14.6 Å². The molecule has 0 bridgehead atoms. The molecule has 5 rings (SSSR count). The number of nitrogens with zero attached hydrogens (tertiary/aromatic N) is 7. The number of hydrogen-bond acceptors (Lipinski definition) is 13. The van der Waals surface area contributed by atoms with Crippen molar-refractivity contribution < 1.29 is 34.3 Å². The number of piperidine rings is 1. The zero-order chi connectivity index (χ0) is 35.8. The van der Waals surface area contributed by atoms with E-state index in [4.69, 9.17) is 25.6 Å². The van der Waals surface area contributed by atoms with Gasteiger partial charge in [-0.1, -0.05) is 79.4 Å². The third-order valence-corrected chi connectivity index (χ3v) is 7.68. The lowest BCUT2D eigenvalue weighted by Gasteiger charge is -2.31. The van der Waals surface area contributed by atoms with Crippen molar-refractivity contribution in [3.8, 4) is 22.5 Å². The van der Waals surface area contributed by atoms with Gasteiger partial charge in [0.2, 0.25) is 18.0 Å². The Morgan fingerprint density at radius 2 is 1.70 bits per heavy atom. The molecular weight excluding hydrogens is 644 g/mol. The molecule has 1 aliphatic rings. The molecule has 1 aromatic heterocycles. The molecular formula is C35H38N8O7. The highest BCUT2D eigenvalue weighted by Crippen LogP contribution is 2.31. The van der Waals surface area contributed by atoms with Crippen LogP contribution in [0.2, 0.25) is 0 Å². The molecule has 1 unspecified atom stereocenters. The second-order valence-corrected chi connectivity index (χ2v) is 11.6. The summed E-state index contributed by atoms with van der Waals surface area (Å²) in [6.07, 6.45) is -0.973. The van der Waals surface area contributed by atoms with E-state index in [1.807, 2.05) is 55.5 Å². The smallest absolute Gasteiger partial charge is 0.429 e. The van der Waals surface area contributed by atoms with Crippen LogP contribution in [0.3, 0.4) is 0 Å². The molecule has 0 saturated carbocycles. The van der Waals surface area contributed by atoms with E-state index in [0.717, 1.165) is 22.3 Å². The van der Waals surface area contributed by atoms with Gasteiger partial charge in [0.15, 0.2) is 0 Å². The number of likely N-dealkylation sites (tertiary alicyclic amines) is 1. The summed E-state index contributed by atoms with van der Waals surface area (Å²) in [4.78, 5) is 37.4. The molecule has 4 N–H and O–H groups in total. The fourth-order valence-corrected chi connectivity index (χ4v) is 5.30. The number of tetrazole rings is 1. The van der Waals surface area contributed by atoms with Crippen molar-refractivity contribution >= 4 is 17.9 Å². The summed E-state index contributed by atoms with van der Waals surface area (Å²) < 4.78 is 10.6. The number of amides is 1. The molecule has 1 amide bonds. The Labute approximate surface area is 288 Å². The Kier molecular flexibility index (Phi) is 11.5. The van der Waals surface area contributed by atoms with Crippen molar-refractivity contribution in [1.29, 1.82) is 0 Å². The second-order valence-electron chi connectivity index (χ2n) is 11.6. The maximum Gasteiger partial charge on any atom is 0.510 e. The lowest BCUT2D eigenvalue weighted by atomic mass is 9.97. The van der Waals surface area contributed by atoms with Gasteiger partial charge in [-0.15, -0.1) is 15.0 Å². The quantitative estimate of drug-likeness (QED) is 0.123. The fraction of sp³-hybridized carbons (Fsp3) is 0.257. The van der Waals surface area contributed by atoms with E-state index in [-0.39, 0.29) is 24.5 Å². The molecule has 1 saturated heterocycles. The van der Waals surface area contributed by atoms with Crippen molar-refractivity contribution in [2.75, 3.05) is 0 Å². The topological polar surface area (TPSA) is 191 Å². The molecule has 15 heteroatoms. The zero-order valence-corrected chi connectivity index (χ0v) is 27.9. The van der Waals surface area contributed by atoms with Crippen LogP contribution < -0.4 is 5.73 Å². The van der Waals surface area contributed by atoms with Crippen LogP contribution in [0.5, 0.6) is 0 Å². The average Bonchev–Trinajstić information content (AvgIpc) is 3.59. The van der Waals surface area contributed by atoms with Crippen molar-refractivity contribution in [3.05, 3.63) is 113 Å². The molecule has 15 nitrogen and oxygen atoms in total. The first-order valence-corrected chi connectivity index (χ1v) is 15.7. The zero-order valence-electron chi connectivity index (χ0n) is 27.9. The minimum atomic E-state index is -0.940. The Bertz CT molecular complexity index is 1920. The molecule has 50 heavy (non-hydrogen) atoms. The van der Waals surface area contributed by atoms with Crippen LogP contribution >= 0.6 is 0 Å². The van der Waals surface area contributed by atoms with E-state index in [1.165, 1.54) is 4.80 Å². The largest absolute Gasteiger partial charge is 0.510 e. The van der Waals surface area contributed by atoms with Gasteiger partial charge in [0.25, 0.3) is 0 Å². The monoisotopic (exact) mass is 682 g/mol. The van der Waals surface area contributed by atoms with Gasteiger partial charge in [-0.2, -0.15) is 0 Å². The lowest BCUT2D eigenvalue weighted by molar-refractivity contribution is -0.497. The van der Waals surface area contributed by atoms with Crippen LogP contribution in [-0.4, -0.2) is 58.8 Å². The van der Waals surface area contributed by atoms with E-state index < -0.39 is 12.4 Å². The number of amidine groups is 1. The second kappa shape index (κ2) is 16.1. The maximum atomic E-state index is 13.0. The Balaban J connectivity index is 1.25. The van der Waals surface area contributed by atoms with Gasteiger partial charge in [0.1, 0.15) is 12.4 Å². The summed E-state index contributed by atoms with van der Waals surface area (Å²) in [6, 6.07) is 22.3. The van der Waals surface area contributed by atoms with Gasteiger partial charge >= 0.3 is 6.16 Å². The van der Waals surface area contributed by atoms with Gasteiger partial charge in [-0.3, -0.25) is 20.1 Å². The molecule has 1 atom stereocenters. The summed E-state index contributed by atoms with van der Waals surface area (Å²) in [7, 11) is 0. The minimum Gasteiger partial charge on any atom is -0.429 e. The number of benzene rings is 3. The van der Waals surface area contributed by atoms with Crippen molar-refractivity contribution in [2.45, 2.75) is 59.6 Å². The van der Waals surface area contributed by atoms with Crippen molar-refractivity contribution in [2.24, 2.45) is 10.7 Å². The number of allylic oxidation sites excluding steroid dienone is 2. The van der Waals surface area contributed by atoms with Crippen LogP contribution in [-0.2, 0) is 38.9 Å². The van der Waals surface area contributed by atoms with Crippen LogP contribution in [0, 0.1) is 0 Å². The highest BCUT2D eigenvalue weighted by atomic mass is 17.1. The number of aromatic nitrogens is 4. The first-order valence-electron chi connectivity index (χ1n) is 15.7. The predicted molar refractivity (Wildman–Crippen MR) is 180 cm³/mol. The SMILES string of the molecule is C=C(C)/N=C1\C(=C(\C)N)CCC(=O)N1Cc1ccc(-c2ccccc2-c2nnn(C(C)OC(=O)OCc3cccc(CON(O)O)c3)n2)cc1. The molecule has 1 fully saturated rings. The van der Waals surface area contributed by atoms with Gasteiger partial charge in [0.05, 0.1) is 18.5 Å². The summed E-state index contributed by atoms with van der Waals surface area (Å²) in [5.41, 5.74) is 12.9. The molecule has 4 aromatic rings. The number of carbonyl (C=O) groups excluding carboxylic acids is 2. The van der Waals surface area contributed by atoms with Crippen LogP contribution in [0.4, 0.5) is 4.79 Å². The van der Waals surface area contributed by atoms with Crippen molar-refractivity contribution in [3.63, 3.8) is 0 Å². The number of hydrogen-bond donors (Lipinski definition) is 3. The summed E-state index contributed by atoms with van der Waals surface area (Å²) in [6.45, 7) is 9.21. The van der Waals surface area contributed by atoms with Crippen molar-refractivity contribution in [1.82, 2.24) is 30.5 Å². The molecule has 1 aliphatic heterocycles. The number of rotatable bonds is 12. The number of ether oxygens (including phenoxy) is 2. The normalized spacial score (nSPS) is 15.7. The van der Waals surface area contributed by atoms with Gasteiger partial charge in [0, 0.05) is 29.0 Å². The minimum absolute atomic E-state index is 0.0264. The van der Waals surface area contributed by atoms with E-state index in [1.54, 1.807) is 43.0 Å². The van der Waals surface area contributed by atoms with Gasteiger partial charge < -0.3 is 15.2 Å². The number of carbonyl (C=O) groups is 2.